The summed E-state index contributed by atoms with van der Waals surface area (Å²) in [5.41, 5.74) is 2.15. The van der Waals surface area contributed by atoms with Gasteiger partial charge in [0, 0.05) is 13.1 Å². The highest BCUT2D eigenvalue weighted by Gasteiger charge is 2.29. The number of rotatable bonds is 4. The minimum Gasteiger partial charge on any atom is -0.483 e. The number of benzene rings is 1. The van der Waals surface area contributed by atoms with Crippen molar-refractivity contribution in [1.82, 2.24) is 4.90 Å². The highest BCUT2D eigenvalue weighted by atomic mass is 16.5. The highest BCUT2D eigenvalue weighted by Crippen LogP contribution is 2.26. The summed E-state index contributed by atoms with van der Waals surface area (Å²) in [6.07, 6.45) is 2.26. The molecule has 0 aromatic heterocycles. The number of nitrogens with zero attached hydrogens (tertiary/aromatic N) is 1. The Labute approximate surface area is 102 Å². The van der Waals surface area contributed by atoms with Gasteiger partial charge in [0.15, 0.2) is 6.61 Å². The standard InChI is InChI=1S/C14H19NO2/c1-10-5-4-6-11(2)14(10)17-9-13(16)15(3)12-7-8-12/h4-6,12H,7-9H2,1-3H3. The zero-order valence-corrected chi connectivity index (χ0v) is 10.7. The lowest BCUT2D eigenvalue weighted by atomic mass is 10.1. The van der Waals surface area contributed by atoms with E-state index in [9.17, 15) is 4.79 Å². The first-order valence-electron chi connectivity index (χ1n) is 6.04. The van der Waals surface area contributed by atoms with E-state index in [2.05, 4.69) is 0 Å². The lowest BCUT2D eigenvalue weighted by molar-refractivity contribution is -0.132. The molecule has 1 aliphatic carbocycles. The van der Waals surface area contributed by atoms with E-state index in [1.807, 2.05) is 39.1 Å². The van der Waals surface area contributed by atoms with Gasteiger partial charge in [-0.05, 0) is 37.8 Å². The first kappa shape index (κ1) is 12.0. The number of hydrogen-bond acceptors (Lipinski definition) is 2. The van der Waals surface area contributed by atoms with Crippen molar-refractivity contribution in [2.75, 3.05) is 13.7 Å². The quantitative estimate of drug-likeness (QED) is 0.798. The van der Waals surface area contributed by atoms with Gasteiger partial charge in [-0.2, -0.15) is 0 Å². The van der Waals surface area contributed by atoms with Gasteiger partial charge >= 0.3 is 0 Å². The van der Waals surface area contributed by atoms with Crippen LogP contribution in [0.2, 0.25) is 0 Å². The van der Waals surface area contributed by atoms with Crippen molar-refractivity contribution in [3.8, 4) is 5.75 Å². The maximum absolute atomic E-state index is 11.8. The molecule has 17 heavy (non-hydrogen) atoms. The Morgan fingerprint density at radius 1 is 1.35 bits per heavy atom. The molecule has 0 radical (unpaired) electrons. The maximum Gasteiger partial charge on any atom is 0.260 e. The number of hydrogen-bond donors (Lipinski definition) is 0. The zero-order chi connectivity index (χ0) is 12.4. The minimum atomic E-state index is 0.0650. The second-order valence-electron chi connectivity index (χ2n) is 4.75. The summed E-state index contributed by atoms with van der Waals surface area (Å²) < 4.78 is 5.64. The molecule has 92 valence electrons. The Balaban J connectivity index is 1.95. The first-order chi connectivity index (χ1) is 8.09. The van der Waals surface area contributed by atoms with Crippen LogP contribution in [0.4, 0.5) is 0 Å². The maximum atomic E-state index is 11.8. The Hall–Kier alpha value is -1.51. The van der Waals surface area contributed by atoms with E-state index in [1.165, 1.54) is 0 Å². The summed E-state index contributed by atoms with van der Waals surface area (Å²) in [6, 6.07) is 6.44. The Morgan fingerprint density at radius 3 is 2.47 bits per heavy atom. The normalized spacial score (nSPS) is 14.5. The number of likely N-dealkylation sites (N-methyl/N-ethyl adjacent to an activating group) is 1. The number of para-hydroxylation sites is 1. The molecule has 1 saturated carbocycles. The second-order valence-corrected chi connectivity index (χ2v) is 4.75. The molecule has 1 fully saturated rings. The summed E-state index contributed by atoms with van der Waals surface area (Å²) in [7, 11) is 1.86. The predicted molar refractivity (Wildman–Crippen MR) is 67.2 cm³/mol. The fraction of sp³-hybridized carbons (Fsp3) is 0.500. The molecule has 1 aromatic carbocycles. The fourth-order valence-corrected chi connectivity index (χ4v) is 1.93. The van der Waals surface area contributed by atoms with E-state index < -0.39 is 0 Å². The first-order valence-corrected chi connectivity index (χ1v) is 6.04. The van der Waals surface area contributed by atoms with Crippen LogP contribution in [0, 0.1) is 13.8 Å². The van der Waals surface area contributed by atoms with E-state index in [-0.39, 0.29) is 12.5 Å². The third kappa shape index (κ3) is 2.78. The van der Waals surface area contributed by atoms with Crippen LogP contribution in [0.3, 0.4) is 0 Å². The van der Waals surface area contributed by atoms with Crippen LogP contribution < -0.4 is 4.74 Å². The van der Waals surface area contributed by atoms with Gasteiger partial charge < -0.3 is 9.64 Å². The summed E-state index contributed by atoms with van der Waals surface area (Å²) in [6.45, 7) is 4.13. The van der Waals surface area contributed by atoms with Gasteiger partial charge in [-0.15, -0.1) is 0 Å². The lowest BCUT2D eigenvalue weighted by Crippen LogP contribution is -2.33. The molecule has 2 rings (SSSR count). The van der Waals surface area contributed by atoms with Gasteiger partial charge in [0.2, 0.25) is 0 Å². The summed E-state index contributed by atoms with van der Waals surface area (Å²) in [4.78, 5) is 13.6. The van der Waals surface area contributed by atoms with Gasteiger partial charge in [-0.25, -0.2) is 0 Å². The summed E-state index contributed by atoms with van der Waals surface area (Å²) in [5, 5.41) is 0. The van der Waals surface area contributed by atoms with Crippen molar-refractivity contribution >= 4 is 5.91 Å². The number of aryl methyl sites for hydroxylation is 2. The van der Waals surface area contributed by atoms with Crippen LogP contribution in [0.25, 0.3) is 0 Å². The van der Waals surface area contributed by atoms with E-state index in [0.717, 1.165) is 29.7 Å². The number of ether oxygens (including phenoxy) is 1. The molecular formula is C14H19NO2. The van der Waals surface area contributed by atoms with Crippen LogP contribution in [0.5, 0.6) is 5.75 Å². The van der Waals surface area contributed by atoms with Gasteiger partial charge in [-0.1, -0.05) is 18.2 Å². The van der Waals surface area contributed by atoms with Crippen LogP contribution in [0.15, 0.2) is 18.2 Å². The summed E-state index contributed by atoms with van der Waals surface area (Å²) >= 11 is 0. The third-order valence-corrected chi connectivity index (χ3v) is 3.24. The molecule has 0 heterocycles. The molecule has 3 nitrogen and oxygen atoms in total. The predicted octanol–water partition coefficient (Wildman–Crippen LogP) is 2.30. The van der Waals surface area contributed by atoms with E-state index in [1.54, 1.807) is 4.90 Å². The average Bonchev–Trinajstić information content (AvgIpc) is 3.11. The van der Waals surface area contributed by atoms with Gasteiger partial charge in [0.25, 0.3) is 5.91 Å². The van der Waals surface area contributed by atoms with Crippen molar-refractivity contribution in [1.29, 1.82) is 0 Å². The van der Waals surface area contributed by atoms with Crippen molar-refractivity contribution in [3.05, 3.63) is 29.3 Å². The van der Waals surface area contributed by atoms with E-state index in [4.69, 9.17) is 4.74 Å². The van der Waals surface area contributed by atoms with Crippen LogP contribution in [-0.4, -0.2) is 30.5 Å². The SMILES string of the molecule is Cc1cccc(C)c1OCC(=O)N(C)C1CC1. The molecule has 0 atom stereocenters. The molecule has 1 amide bonds. The van der Waals surface area contributed by atoms with Gasteiger partial charge in [0.1, 0.15) is 5.75 Å². The largest absolute Gasteiger partial charge is 0.483 e. The van der Waals surface area contributed by atoms with Crippen LogP contribution in [0.1, 0.15) is 24.0 Å². The van der Waals surface area contributed by atoms with Crippen molar-refractivity contribution < 1.29 is 9.53 Å². The molecule has 3 heteroatoms. The zero-order valence-electron chi connectivity index (χ0n) is 10.7. The molecule has 0 bridgehead atoms. The van der Waals surface area contributed by atoms with Crippen molar-refractivity contribution in [3.63, 3.8) is 0 Å². The Morgan fingerprint density at radius 2 is 1.94 bits per heavy atom. The van der Waals surface area contributed by atoms with E-state index >= 15 is 0 Å². The third-order valence-electron chi connectivity index (χ3n) is 3.24. The molecule has 0 saturated heterocycles. The van der Waals surface area contributed by atoms with Gasteiger partial charge in [-0.3, -0.25) is 4.79 Å². The molecule has 0 N–H and O–H groups in total. The van der Waals surface area contributed by atoms with E-state index in [0.29, 0.717) is 6.04 Å². The molecule has 0 spiro atoms. The highest BCUT2D eigenvalue weighted by molar-refractivity contribution is 5.78. The number of amides is 1. The lowest BCUT2D eigenvalue weighted by Gasteiger charge is -2.17. The van der Waals surface area contributed by atoms with Gasteiger partial charge in [0.05, 0.1) is 0 Å². The van der Waals surface area contributed by atoms with Crippen molar-refractivity contribution in [2.45, 2.75) is 32.7 Å². The number of carbonyl (C=O) groups excluding carboxylic acids is 1. The minimum absolute atomic E-state index is 0.0650. The van der Waals surface area contributed by atoms with Crippen LogP contribution >= 0.6 is 0 Å². The molecular weight excluding hydrogens is 214 g/mol. The smallest absolute Gasteiger partial charge is 0.260 e. The molecule has 1 aromatic rings. The van der Waals surface area contributed by atoms with Crippen molar-refractivity contribution in [2.24, 2.45) is 0 Å². The number of carbonyl (C=O) groups is 1. The monoisotopic (exact) mass is 233 g/mol. The average molecular weight is 233 g/mol. The summed E-state index contributed by atoms with van der Waals surface area (Å²) in [5.74, 6) is 0.903. The van der Waals surface area contributed by atoms with Crippen LogP contribution in [-0.2, 0) is 4.79 Å². The Kier molecular flexibility index (Phi) is 3.36. The molecule has 0 aliphatic heterocycles. The Bertz CT molecular complexity index is 404. The fourth-order valence-electron chi connectivity index (χ4n) is 1.93. The second kappa shape index (κ2) is 4.78. The molecule has 1 aliphatic rings. The molecule has 0 unspecified atom stereocenters. The topological polar surface area (TPSA) is 29.5 Å².